The van der Waals surface area contributed by atoms with Crippen molar-refractivity contribution in [2.75, 3.05) is 18.0 Å². The molecule has 3 heterocycles. The number of aryl methyl sites for hydroxylation is 1. The zero-order chi connectivity index (χ0) is 12.5. The van der Waals surface area contributed by atoms with Gasteiger partial charge in [0, 0.05) is 24.0 Å². The molecule has 1 saturated heterocycles. The third kappa shape index (κ3) is 1.97. The lowest BCUT2D eigenvalue weighted by Gasteiger charge is -2.36. The molecule has 0 spiro atoms. The van der Waals surface area contributed by atoms with Crippen LogP contribution >= 0.6 is 11.3 Å². The summed E-state index contributed by atoms with van der Waals surface area (Å²) >= 11 is 1.73. The Bertz CT molecular complexity index is 551. The van der Waals surface area contributed by atoms with Crippen molar-refractivity contribution in [1.29, 1.82) is 0 Å². The average molecular weight is 262 g/mol. The third-order valence-electron chi connectivity index (χ3n) is 3.60. The number of aromatic nitrogens is 2. The van der Waals surface area contributed by atoms with Gasteiger partial charge >= 0.3 is 0 Å². The second-order valence-corrected chi connectivity index (χ2v) is 6.09. The van der Waals surface area contributed by atoms with Crippen LogP contribution in [0, 0.1) is 6.92 Å². The highest BCUT2D eigenvalue weighted by Gasteiger charge is 2.24. The zero-order valence-electron chi connectivity index (χ0n) is 10.6. The lowest BCUT2D eigenvalue weighted by molar-refractivity contribution is 0.463. The largest absolute Gasteiger partial charge is 0.352 e. The molecule has 1 atom stereocenters. The Morgan fingerprint density at radius 2 is 2.33 bits per heavy atom. The first-order chi connectivity index (χ1) is 8.79. The minimum atomic E-state index is 0.428. The molecule has 96 valence electrons. The fourth-order valence-electron chi connectivity index (χ4n) is 2.72. The van der Waals surface area contributed by atoms with Gasteiger partial charge < -0.3 is 10.6 Å². The first kappa shape index (κ1) is 11.9. The Morgan fingerprint density at radius 1 is 1.44 bits per heavy atom. The molecular weight excluding hydrogens is 244 g/mol. The molecule has 3 rings (SSSR count). The van der Waals surface area contributed by atoms with E-state index in [0.717, 1.165) is 17.2 Å². The summed E-state index contributed by atoms with van der Waals surface area (Å²) in [6.07, 6.45) is 5.35. The lowest BCUT2D eigenvalue weighted by Crippen LogP contribution is -2.44. The third-order valence-corrected chi connectivity index (χ3v) is 4.56. The van der Waals surface area contributed by atoms with Gasteiger partial charge in [0.1, 0.15) is 17.0 Å². The lowest BCUT2D eigenvalue weighted by atomic mass is 10.0. The topological polar surface area (TPSA) is 55.0 Å². The molecule has 1 aliphatic rings. The number of rotatable bonds is 2. The van der Waals surface area contributed by atoms with E-state index in [1.165, 1.54) is 29.5 Å². The van der Waals surface area contributed by atoms with E-state index < -0.39 is 0 Å². The van der Waals surface area contributed by atoms with E-state index in [0.29, 0.717) is 12.6 Å². The predicted molar refractivity (Wildman–Crippen MR) is 76.2 cm³/mol. The molecule has 0 radical (unpaired) electrons. The summed E-state index contributed by atoms with van der Waals surface area (Å²) in [6.45, 7) is 3.88. The van der Waals surface area contributed by atoms with E-state index in [9.17, 15) is 0 Å². The molecule has 0 amide bonds. The molecule has 18 heavy (non-hydrogen) atoms. The Labute approximate surface area is 111 Å². The van der Waals surface area contributed by atoms with Crippen LogP contribution in [0.4, 0.5) is 5.82 Å². The summed E-state index contributed by atoms with van der Waals surface area (Å²) in [4.78, 5) is 13.6. The molecule has 0 saturated carbocycles. The van der Waals surface area contributed by atoms with Crippen molar-refractivity contribution in [2.24, 2.45) is 5.73 Å². The summed E-state index contributed by atoms with van der Waals surface area (Å²) < 4.78 is 0. The molecule has 5 heteroatoms. The smallest absolute Gasteiger partial charge is 0.141 e. The van der Waals surface area contributed by atoms with E-state index in [2.05, 4.69) is 27.9 Å². The average Bonchev–Trinajstić information content (AvgIpc) is 2.78. The first-order valence-electron chi connectivity index (χ1n) is 6.47. The monoisotopic (exact) mass is 262 g/mol. The van der Waals surface area contributed by atoms with Gasteiger partial charge in [-0.2, -0.15) is 0 Å². The van der Waals surface area contributed by atoms with Crippen molar-refractivity contribution in [3.63, 3.8) is 0 Å². The normalized spacial score (nSPS) is 20.6. The Morgan fingerprint density at radius 3 is 3.17 bits per heavy atom. The van der Waals surface area contributed by atoms with Crippen LogP contribution in [-0.4, -0.2) is 29.1 Å². The van der Waals surface area contributed by atoms with Gasteiger partial charge in [-0.15, -0.1) is 11.3 Å². The second kappa shape index (κ2) is 4.82. The molecule has 1 fully saturated rings. The van der Waals surface area contributed by atoms with Crippen LogP contribution in [0.5, 0.6) is 0 Å². The minimum Gasteiger partial charge on any atom is -0.352 e. The van der Waals surface area contributed by atoms with Crippen molar-refractivity contribution in [1.82, 2.24) is 9.97 Å². The van der Waals surface area contributed by atoms with Crippen molar-refractivity contribution in [3.05, 3.63) is 17.3 Å². The van der Waals surface area contributed by atoms with E-state index in [1.807, 2.05) is 0 Å². The maximum absolute atomic E-state index is 5.90. The molecule has 4 nitrogen and oxygen atoms in total. The highest BCUT2D eigenvalue weighted by molar-refractivity contribution is 7.18. The quantitative estimate of drug-likeness (QED) is 0.902. The van der Waals surface area contributed by atoms with E-state index in [1.54, 1.807) is 17.7 Å². The maximum atomic E-state index is 5.90. The van der Waals surface area contributed by atoms with Crippen molar-refractivity contribution in [3.8, 4) is 0 Å². The van der Waals surface area contributed by atoms with Gasteiger partial charge in [0.2, 0.25) is 0 Å². The summed E-state index contributed by atoms with van der Waals surface area (Å²) in [6, 6.07) is 2.62. The van der Waals surface area contributed by atoms with Gasteiger partial charge in [0.25, 0.3) is 0 Å². The number of hydrogen-bond acceptors (Lipinski definition) is 5. The zero-order valence-corrected chi connectivity index (χ0v) is 11.4. The van der Waals surface area contributed by atoms with Crippen LogP contribution in [0.2, 0.25) is 0 Å². The van der Waals surface area contributed by atoms with Crippen LogP contribution in [-0.2, 0) is 0 Å². The van der Waals surface area contributed by atoms with Gasteiger partial charge in [0.05, 0.1) is 5.39 Å². The van der Waals surface area contributed by atoms with Gasteiger partial charge in [-0.1, -0.05) is 0 Å². The molecule has 0 aromatic carbocycles. The van der Waals surface area contributed by atoms with Crippen LogP contribution in [0.15, 0.2) is 12.4 Å². The van der Waals surface area contributed by atoms with Gasteiger partial charge in [-0.3, -0.25) is 0 Å². The summed E-state index contributed by atoms with van der Waals surface area (Å²) in [5.41, 5.74) is 5.90. The number of anilines is 1. The highest BCUT2D eigenvalue weighted by Crippen LogP contribution is 2.32. The van der Waals surface area contributed by atoms with E-state index in [4.69, 9.17) is 5.73 Å². The first-order valence-corrected chi connectivity index (χ1v) is 7.29. The summed E-state index contributed by atoms with van der Waals surface area (Å²) in [5, 5.41) is 1.18. The molecule has 0 bridgehead atoms. The Hall–Kier alpha value is -1.20. The number of thiophene rings is 1. The molecule has 1 unspecified atom stereocenters. The van der Waals surface area contributed by atoms with Crippen LogP contribution in [0.1, 0.15) is 24.1 Å². The van der Waals surface area contributed by atoms with Crippen molar-refractivity contribution >= 4 is 27.4 Å². The molecule has 2 aromatic heterocycles. The fraction of sp³-hybridized carbons (Fsp3) is 0.538. The molecular formula is C13H18N4S. The second-order valence-electron chi connectivity index (χ2n) is 4.85. The van der Waals surface area contributed by atoms with Crippen molar-refractivity contribution < 1.29 is 0 Å². The van der Waals surface area contributed by atoms with Gasteiger partial charge in [-0.05, 0) is 32.3 Å². The number of nitrogens with zero attached hydrogens (tertiary/aromatic N) is 3. The molecule has 1 aliphatic heterocycles. The Kier molecular flexibility index (Phi) is 3.18. The summed E-state index contributed by atoms with van der Waals surface area (Å²) in [5.74, 6) is 1.07. The van der Waals surface area contributed by atoms with Crippen LogP contribution in [0.3, 0.4) is 0 Å². The van der Waals surface area contributed by atoms with Gasteiger partial charge in [0.15, 0.2) is 0 Å². The predicted octanol–water partition coefficient (Wildman–Crippen LogP) is 2.32. The Balaban J connectivity index is 2.06. The molecule has 0 aliphatic carbocycles. The molecule has 2 aromatic rings. The SMILES string of the molecule is Cc1cc2c(N3CCCCC3CN)ncnc2s1. The van der Waals surface area contributed by atoms with Crippen molar-refractivity contribution in [2.45, 2.75) is 32.2 Å². The highest BCUT2D eigenvalue weighted by atomic mass is 32.1. The number of hydrogen-bond donors (Lipinski definition) is 1. The number of fused-ring (bicyclic) bond motifs is 1. The fourth-order valence-corrected chi connectivity index (χ4v) is 3.56. The maximum Gasteiger partial charge on any atom is 0.141 e. The number of piperidine rings is 1. The van der Waals surface area contributed by atoms with E-state index in [-0.39, 0.29) is 0 Å². The minimum absolute atomic E-state index is 0.428. The molecule has 2 N–H and O–H groups in total. The van der Waals surface area contributed by atoms with Gasteiger partial charge in [-0.25, -0.2) is 9.97 Å². The van der Waals surface area contributed by atoms with Crippen LogP contribution < -0.4 is 10.6 Å². The van der Waals surface area contributed by atoms with Crippen LogP contribution in [0.25, 0.3) is 10.2 Å². The number of nitrogens with two attached hydrogens (primary N) is 1. The summed E-state index contributed by atoms with van der Waals surface area (Å²) in [7, 11) is 0. The standard InChI is InChI=1S/C13H18N4S/c1-9-6-11-12(15-8-16-13(11)18-9)17-5-3-2-4-10(17)7-14/h6,8,10H,2-5,7,14H2,1H3. The van der Waals surface area contributed by atoms with E-state index >= 15 is 0 Å².